The smallest absolute Gasteiger partial charge is 0.253 e. The lowest BCUT2D eigenvalue weighted by atomic mass is 9.96. The van der Waals surface area contributed by atoms with Crippen LogP contribution < -0.4 is 11.5 Å². The molecule has 0 radical (unpaired) electrons. The molecule has 0 bridgehead atoms. The Morgan fingerprint density at radius 3 is 2.53 bits per heavy atom. The van der Waals surface area contributed by atoms with Gasteiger partial charge in [0, 0.05) is 18.7 Å². The lowest BCUT2D eigenvalue weighted by molar-refractivity contribution is -0.128. The van der Waals surface area contributed by atoms with Gasteiger partial charge in [0.2, 0.25) is 0 Å². The molecule has 4 nitrogen and oxygen atoms in total. The van der Waals surface area contributed by atoms with E-state index >= 15 is 0 Å². The highest BCUT2D eigenvalue weighted by Crippen LogP contribution is 2.17. The van der Waals surface area contributed by atoms with Crippen LogP contribution >= 0.6 is 0 Å². The van der Waals surface area contributed by atoms with E-state index < -0.39 is 0 Å². The molecule has 94 valence electrons. The summed E-state index contributed by atoms with van der Waals surface area (Å²) in [5, 5.41) is 0. The molecule has 4 heteroatoms. The van der Waals surface area contributed by atoms with Crippen molar-refractivity contribution in [1.29, 1.82) is 0 Å². The van der Waals surface area contributed by atoms with Crippen molar-refractivity contribution >= 4 is 5.91 Å². The predicted molar refractivity (Wildman–Crippen MR) is 70.0 cm³/mol. The van der Waals surface area contributed by atoms with Crippen molar-refractivity contribution in [3.05, 3.63) is 36.6 Å². The predicted octanol–water partition coefficient (Wildman–Crippen LogP) is 0.769. The van der Waals surface area contributed by atoms with E-state index in [9.17, 15) is 4.79 Å². The molecule has 1 rings (SSSR count). The van der Waals surface area contributed by atoms with E-state index in [2.05, 4.69) is 6.58 Å². The number of nitrogens with zero attached hydrogens (tertiary/aromatic N) is 1. The molecule has 1 fully saturated rings. The molecule has 1 saturated heterocycles. The van der Waals surface area contributed by atoms with Crippen molar-refractivity contribution in [2.75, 3.05) is 19.6 Å². The molecule has 0 saturated carbocycles. The molecule has 0 aliphatic carbocycles. The van der Waals surface area contributed by atoms with Gasteiger partial charge in [0.1, 0.15) is 0 Å². The average Bonchev–Trinajstić information content (AvgIpc) is 2.38. The van der Waals surface area contributed by atoms with E-state index in [0.29, 0.717) is 18.0 Å². The van der Waals surface area contributed by atoms with Crippen LogP contribution in [0.5, 0.6) is 0 Å². The number of rotatable bonds is 4. The minimum Gasteiger partial charge on any atom is -0.405 e. The van der Waals surface area contributed by atoms with Crippen molar-refractivity contribution in [3.8, 4) is 0 Å². The maximum Gasteiger partial charge on any atom is 0.253 e. The highest BCUT2D eigenvalue weighted by molar-refractivity contribution is 5.95. The summed E-state index contributed by atoms with van der Waals surface area (Å²) in [6.07, 6.45) is 8.46. The molecule has 0 atom stereocenters. The van der Waals surface area contributed by atoms with Crippen molar-refractivity contribution in [2.24, 2.45) is 17.4 Å². The van der Waals surface area contributed by atoms with Gasteiger partial charge in [-0.1, -0.05) is 18.7 Å². The fourth-order valence-corrected chi connectivity index (χ4v) is 1.88. The molecule has 1 amide bonds. The maximum atomic E-state index is 12.0. The lowest BCUT2D eigenvalue weighted by Gasteiger charge is -2.31. The Hall–Kier alpha value is -1.55. The zero-order valence-corrected chi connectivity index (χ0v) is 10.1. The monoisotopic (exact) mass is 235 g/mol. The summed E-state index contributed by atoms with van der Waals surface area (Å²) < 4.78 is 0. The van der Waals surface area contributed by atoms with Gasteiger partial charge in [-0.05, 0) is 37.6 Å². The van der Waals surface area contributed by atoms with E-state index in [0.717, 1.165) is 25.9 Å². The number of allylic oxidation sites excluding steroid dienone is 2. The lowest BCUT2D eigenvalue weighted by Crippen LogP contribution is -2.40. The van der Waals surface area contributed by atoms with Crippen molar-refractivity contribution in [3.63, 3.8) is 0 Å². The van der Waals surface area contributed by atoms with Crippen LogP contribution in [0.25, 0.3) is 0 Å². The summed E-state index contributed by atoms with van der Waals surface area (Å²) in [6.45, 7) is 6.03. The second-order valence-electron chi connectivity index (χ2n) is 4.24. The fraction of sp³-hybridized carbons (Fsp3) is 0.462. The number of hydrogen-bond acceptors (Lipinski definition) is 3. The zero-order chi connectivity index (χ0) is 12.7. The van der Waals surface area contributed by atoms with Gasteiger partial charge in [0.25, 0.3) is 5.91 Å². The van der Waals surface area contributed by atoms with Gasteiger partial charge >= 0.3 is 0 Å². The Morgan fingerprint density at radius 2 is 2.00 bits per heavy atom. The Morgan fingerprint density at radius 1 is 1.35 bits per heavy atom. The van der Waals surface area contributed by atoms with Gasteiger partial charge in [0.15, 0.2) is 0 Å². The van der Waals surface area contributed by atoms with Crippen LogP contribution in [0.3, 0.4) is 0 Å². The van der Waals surface area contributed by atoms with E-state index in [1.807, 2.05) is 4.90 Å². The van der Waals surface area contributed by atoms with E-state index in [1.165, 1.54) is 6.20 Å². The van der Waals surface area contributed by atoms with Crippen LogP contribution in [-0.4, -0.2) is 30.4 Å². The molecule has 0 spiro atoms. The minimum absolute atomic E-state index is 0.00198. The second kappa shape index (κ2) is 6.91. The third-order valence-electron chi connectivity index (χ3n) is 3.03. The number of likely N-dealkylation sites (tertiary alicyclic amines) is 1. The number of carbonyl (C=O) groups excluding carboxylic acids is 1. The molecule has 1 aliphatic heterocycles. The molecule has 4 N–H and O–H groups in total. The molecule has 17 heavy (non-hydrogen) atoms. The first-order valence-electron chi connectivity index (χ1n) is 5.92. The second-order valence-corrected chi connectivity index (χ2v) is 4.24. The summed E-state index contributed by atoms with van der Waals surface area (Å²) in [7, 11) is 0. The van der Waals surface area contributed by atoms with Gasteiger partial charge < -0.3 is 16.4 Å². The number of amides is 1. The molecule has 0 aromatic heterocycles. The Balaban J connectivity index is 2.45. The molecule has 1 aliphatic rings. The summed E-state index contributed by atoms with van der Waals surface area (Å²) in [6, 6.07) is 0. The van der Waals surface area contributed by atoms with Crippen molar-refractivity contribution in [2.45, 2.75) is 12.8 Å². The minimum atomic E-state index is 0.00198. The van der Waals surface area contributed by atoms with Gasteiger partial charge in [0.05, 0.1) is 0 Å². The number of nitrogens with two attached hydrogens (primary N) is 2. The van der Waals surface area contributed by atoms with E-state index in [-0.39, 0.29) is 5.91 Å². The first kappa shape index (κ1) is 13.5. The number of carbonyl (C=O) groups is 1. The highest BCUT2D eigenvalue weighted by atomic mass is 16.2. The van der Waals surface area contributed by atoms with Crippen LogP contribution in [-0.2, 0) is 4.79 Å². The summed E-state index contributed by atoms with van der Waals surface area (Å²) in [5.74, 6) is 0.560. The van der Waals surface area contributed by atoms with E-state index in [4.69, 9.17) is 11.5 Å². The van der Waals surface area contributed by atoms with Crippen molar-refractivity contribution in [1.82, 2.24) is 4.90 Å². The zero-order valence-electron chi connectivity index (χ0n) is 10.1. The molecular formula is C13H21N3O. The van der Waals surface area contributed by atoms with Crippen LogP contribution in [0.2, 0.25) is 0 Å². The molecular weight excluding hydrogens is 214 g/mol. The van der Waals surface area contributed by atoms with Crippen molar-refractivity contribution < 1.29 is 4.79 Å². The van der Waals surface area contributed by atoms with Crippen LogP contribution in [0.15, 0.2) is 36.6 Å². The molecule has 0 aromatic carbocycles. The molecule has 1 heterocycles. The SMILES string of the molecule is C=C(/C=C\C=C/N)C(=O)N1CCC(CN)CC1. The van der Waals surface area contributed by atoms with Crippen LogP contribution in [0.1, 0.15) is 12.8 Å². The molecule has 0 aromatic rings. The number of hydrogen-bond donors (Lipinski definition) is 2. The Bertz CT molecular complexity index is 326. The summed E-state index contributed by atoms with van der Waals surface area (Å²) in [5.41, 5.74) is 11.3. The third kappa shape index (κ3) is 4.07. The van der Waals surface area contributed by atoms with Gasteiger partial charge in [-0.3, -0.25) is 4.79 Å². The van der Waals surface area contributed by atoms with Gasteiger partial charge in [-0.25, -0.2) is 0 Å². The Labute approximate surface area is 103 Å². The van der Waals surface area contributed by atoms with Crippen LogP contribution in [0, 0.1) is 5.92 Å². The highest BCUT2D eigenvalue weighted by Gasteiger charge is 2.22. The maximum absolute atomic E-state index is 12.0. The van der Waals surface area contributed by atoms with E-state index in [1.54, 1.807) is 18.2 Å². The topological polar surface area (TPSA) is 72.4 Å². The van der Waals surface area contributed by atoms with Crippen LogP contribution in [0.4, 0.5) is 0 Å². The average molecular weight is 235 g/mol. The quantitative estimate of drug-likeness (QED) is 0.558. The molecule has 0 unspecified atom stereocenters. The largest absolute Gasteiger partial charge is 0.405 e. The standard InChI is InChI=1S/C13H21N3O/c1-11(4-2-3-7-14)13(17)16-8-5-12(10-15)6-9-16/h2-4,7,12H,1,5-6,8-10,14-15H2/b4-2-,7-3-. The number of piperidine rings is 1. The first-order chi connectivity index (χ1) is 8.19. The first-order valence-corrected chi connectivity index (χ1v) is 5.92. The fourth-order valence-electron chi connectivity index (χ4n) is 1.88. The summed E-state index contributed by atoms with van der Waals surface area (Å²) >= 11 is 0. The van der Waals surface area contributed by atoms with Gasteiger partial charge in [-0.2, -0.15) is 0 Å². The normalized spacial score (nSPS) is 18.1. The Kier molecular flexibility index (Phi) is 5.49. The third-order valence-corrected chi connectivity index (χ3v) is 3.03. The summed E-state index contributed by atoms with van der Waals surface area (Å²) in [4.78, 5) is 13.8. The van der Waals surface area contributed by atoms with Gasteiger partial charge in [-0.15, -0.1) is 0 Å².